The van der Waals surface area contributed by atoms with Gasteiger partial charge in [-0.15, -0.1) is 0 Å². The second-order valence-electron chi connectivity index (χ2n) is 5.20. The first kappa shape index (κ1) is 18.1. The molecule has 0 bridgehead atoms. The fourth-order valence-corrected chi connectivity index (χ4v) is 4.65. The number of thiazole rings is 1. The Hall–Kier alpha value is -1.67. The summed E-state index contributed by atoms with van der Waals surface area (Å²) < 4.78 is 25.3. The van der Waals surface area contributed by atoms with Crippen molar-refractivity contribution in [3.63, 3.8) is 0 Å². The molecule has 130 valence electrons. The lowest BCUT2D eigenvalue weighted by Gasteiger charge is -2.04. The molecule has 0 atom stereocenters. The topological polar surface area (TPSA) is 76.1 Å². The van der Waals surface area contributed by atoms with Crippen molar-refractivity contribution in [2.75, 3.05) is 11.1 Å². The van der Waals surface area contributed by atoms with Gasteiger partial charge in [-0.2, -0.15) is 0 Å². The Kier molecular flexibility index (Phi) is 5.29. The number of rotatable bonds is 5. The van der Waals surface area contributed by atoms with Crippen LogP contribution in [0.4, 0.5) is 5.13 Å². The van der Waals surface area contributed by atoms with Crippen molar-refractivity contribution in [2.24, 2.45) is 0 Å². The van der Waals surface area contributed by atoms with E-state index in [4.69, 9.17) is 23.2 Å². The molecule has 1 aromatic heterocycles. The van der Waals surface area contributed by atoms with E-state index in [2.05, 4.69) is 10.3 Å². The number of benzene rings is 2. The van der Waals surface area contributed by atoms with E-state index in [1.165, 1.54) is 35.6 Å². The third-order valence-electron chi connectivity index (χ3n) is 3.37. The van der Waals surface area contributed by atoms with Crippen molar-refractivity contribution in [2.45, 2.75) is 11.3 Å². The van der Waals surface area contributed by atoms with Crippen LogP contribution < -0.4 is 5.32 Å². The molecule has 9 heteroatoms. The van der Waals surface area contributed by atoms with Gasteiger partial charge in [-0.3, -0.25) is 4.79 Å². The van der Waals surface area contributed by atoms with Crippen LogP contribution in [0.5, 0.6) is 0 Å². The monoisotopic (exact) mass is 414 g/mol. The number of nitrogens with one attached hydrogen (secondary N) is 1. The number of hydrogen-bond acceptors (Lipinski definition) is 5. The first-order chi connectivity index (χ1) is 11.8. The summed E-state index contributed by atoms with van der Waals surface area (Å²) in [4.78, 5) is 16.4. The Labute approximate surface area is 158 Å². The van der Waals surface area contributed by atoms with E-state index in [1.807, 2.05) is 0 Å². The van der Waals surface area contributed by atoms with E-state index in [9.17, 15) is 13.2 Å². The maximum atomic E-state index is 12.2. The predicted molar refractivity (Wildman–Crippen MR) is 101 cm³/mol. The quantitative estimate of drug-likeness (QED) is 0.670. The van der Waals surface area contributed by atoms with Gasteiger partial charge in [0.25, 0.3) is 0 Å². The maximum Gasteiger partial charge on any atom is 0.227 e. The Morgan fingerprint density at radius 2 is 1.76 bits per heavy atom. The Bertz CT molecular complexity index is 1030. The number of hydrogen-bond donors (Lipinski definition) is 1. The van der Waals surface area contributed by atoms with Crippen molar-refractivity contribution in [3.05, 3.63) is 52.5 Å². The summed E-state index contributed by atoms with van der Waals surface area (Å²) in [6.45, 7) is 0. The molecule has 3 rings (SSSR count). The number of carbonyl (C=O) groups is 1. The van der Waals surface area contributed by atoms with Crippen LogP contribution in [0.25, 0.3) is 10.2 Å². The molecule has 0 aliphatic heterocycles. The van der Waals surface area contributed by atoms with Gasteiger partial charge in [-0.25, -0.2) is 13.4 Å². The Morgan fingerprint density at radius 3 is 2.48 bits per heavy atom. The number of nitrogens with zero attached hydrogens (tertiary/aromatic N) is 1. The molecule has 0 unspecified atom stereocenters. The zero-order chi connectivity index (χ0) is 18.0. The van der Waals surface area contributed by atoms with Gasteiger partial charge in [-0.05, 0) is 42.5 Å². The summed E-state index contributed by atoms with van der Waals surface area (Å²) in [5.41, 5.74) is 0.721. The highest BCUT2D eigenvalue weighted by atomic mass is 35.5. The van der Waals surface area contributed by atoms with Crippen molar-refractivity contribution < 1.29 is 13.2 Å². The van der Waals surface area contributed by atoms with Crippen LogP contribution in [0.15, 0.2) is 47.4 Å². The minimum Gasteiger partial charge on any atom is -0.302 e. The molecule has 2 aromatic carbocycles. The van der Waals surface area contributed by atoms with E-state index in [0.29, 0.717) is 15.2 Å². The first-order valence-corrected chi connectivity index (χ1v) is 10.4. The molecule has 1 N–H and O–H groups in total. The summed E-state index contributed by atoms with van der Waals surface area (Å²) in [5, 5.41) is 4.07. The first-order valence-electron chi connectivity index (χ1n) is 7.18. The predicted octanol–water partition coefficient (Wildman–Crippen LogP) is 4.41. The number of sulfone groups is 1. The van der Waals surface area contributed by atoms with Crippen LogP contribution in [0.3, 0.4) is 0 Å². The van der Waals surface area contributed by atoms with Crippen molar-refractivity contribution in [1.82, 2.24) is 4.98 Å². The molecule has 5 nitrogen and oxygen atoms in total. The van der Waals surface area contributed by atoms with Crippen molar-refractivity contribution in [1.29, 1.82) is 0 Å². The minimum atomic E-state index is -3.55. The van der Waals surface area contributed by atoms with Crippen LogP contribution in [0.1, 0.15) is 6.42 Å². The highest BCUT2D eigenvalue weighted by Gasteiger charge is 2.17. The lowest BCUT2D eigenvalue weighted by molar-refractivity contribution is -0.115. The van der Waals surface area contributed by atoms with Crippen LogP contribution >= 0.6 is 34.5 Å². The number of amides is 1. The Balaban J connectivity index is 1.64. The van der Waals surface area contributed by atoms with Gasteiger partial charge in [0, 0.05) is 16.5 Å². The third kappa shape index (κ3) is 4.49. The average Bonchev–Trinajstić information content (AvgIpc) is 2.94. The fraction of sp³-hybridized carbons (Fsp3) is 0.125. The highest BCUT2D eigenvalue weighted by molar-refractivity contribution is 7.91. The number of fused-ring (bicyclic) bond motifs is 1. The van der Waals surface area contributed by atoms with Gasteiger partial charge in [0.1, 0.15) is 0 Å². The van der Waals surface area contributed by atoms with E-state index in [1.54, 1.807) is 18.2 Å². The zero-order valence-electron chi connectivity index (χ0n) is 12.7. The summed E-state index contributed by atoms with van der Waals surface area (Å²) in [6.07, 6.45) is -0.165. The van der Waals surface area contributed by atoms with Gasteiger partial charge in [-0.1, -0.05) is 34.5 Å². The van der Waals surface area contributed by atoms with Crippen molar-refractivity contribution in [3.8, 4) is 0 Å². The van der Waals surface area contributed by atoms with Crippen LogP contribution in [-0.4, -0.2) is 25.1 Å². The smallest absolute Gasteiger partial charge is 0.227 e. The van der Waals surface area contributed by atoms with Gasteiger partial charge < -0.3 is 5.32 Å². The third-order valence-corrected chi connectivity index (χ3v) is 6.52. The lowest BCUT2D eigenvalue weighted by Crippen LogP contribution is -2.17. The normalized spacial score (nSPS) is 11.6. The summed E-state index contributed by atoms with van der Waals surface area (Å²) in [7, 11) is -3.55. The molecule has 0 spiro atoms. The fourth-order valence-electron chi connectivity index (χ4n) is 2.12. The highest BCUT2D eigenvalue weighted by Crippen LogP contribution is 2.28. The maximum absolute atomic E-state index is 12.2. The Morgan fingerprint density at radius 1 is 1.08 bits per heavy atom. The van der Waals surface area contributed by atoms with Gasteiger partial charge in [0.05, 0.1) is 20.9 Å². The number of halogens is 2. The molecule has 3 aromatic rings. The minimum absolute atomic E-state index is 0.138. The molecule has 1 amide bonds. The summed E-state index contributed by atoms with van der Waals surface area (Å²) in [5.74, 6) is -0.709. The summed E-state index contributed by atoms with van der Waals surface area (Å²) in [6, 6.07) is 11.1. The zero-order valence-corrected chi connectivity index (χ0v) is 15.8. The van der Waals surface area contributed by atoms with Crippen molar-refractivity contribution >= 4 is 65.6 Å². The van der Waals surface area contributed by atoms with E-state index in [-0.39, 0.29) is 17.1 Å². The van der Waals surface area contributed by atoms with E-state index in [0.717, 1.165) is 10.2 Å². The van der Waals surface area contributed by atoms with Crippen LogP contribution in [0, 0.1) is 0 Å². The number of aromatic nitrogens is 1. The molecule has 0 fully saturated rings. The SMILES string of the molecule is O=C(CCS(=O)(=O)c1ccc(Cl)cc1)Nc1nc2ccc(Cl)cc2s1. The molecular formula is C16H12Cl2N2O3S2. The van der Waals surface area contributed by atoms with Gasteiger partial charge in [0.15, 0.2) is 15.0 Å². The number of anilines is 1. The van der Waals surface area contributed by atoms with Gasteiger partial charge in [0.2, 0.25) is 5.91 Å². The van der Waals surface area contributed by atoms with Gasteiger partial charge >= 0.3 is 0 Å². The average molecular weight is 415 g/mol. The van der Waals surface area contributed by atoms with Crippen LogP contribution in [-0.2, 0) is 14.6 Å². The largest absolute Gasteiger partial charge is 0.302 e. The summed E-state index contributed by atoms with van der Waals surface area (Å²) >= 11 is 12.9. The molecule has 25 heavy (non-hydrogen) atoms. The molecule has 0 aliphatic rings. The molecule has 0 saturated heterocycles. The molecule has 0 saturated carbocycles. The molecule has 1 heterocycles. The second kappa shape index (κ2) is 7.29. The number of carbonyl (C=O) groups excluding carboxylic acids is 1. The van der Waals surface area contributed by atoms with Crippen LogP contribution in [0.2, 0.25) is 10.0 Å². The molecular weight excluding hydrogens is 403 g/mol. The van der Waals surface area contributed by atoms with E-state index < -0.39 is 15.7 Å². The van der Waals surface area contributed by atoms with E-state index >= 15 is 0 Å². The lowest BCUT2D eigenvalue weighted by atomic mass is 10.3. The second-order valence-corrected chi connectivity index (χ2v) is 9.21. The molecule has 0 radical (unpaired) electrons. The molecule has 0 aliphatic carbocycles. The standard InChI is InChI=1S/C16H12Cl2N2O3S2/c17-10-1-4-12(5-2-10)25(22,23)8-7-15(21)20-16-19-13-6-3-11(18)9-14(13)24-16/h1-6,9H,7-8H2,(H,19,20,21).